The Morgan fingerprint density at radius 1 is 1.12 bits per heavy atom. The fourth-order valence-electron chi connectivity index (χ4n) is 3.29. The van der Waals surface area contributed by atoms with Crippen molar-refractivity contribution in [2.24, 2.45) is 0 Å². The first-order valence-electron chi connectivity index (χ1n) is 8.59. The Morgan fingerprint density at radius 3 is 2.76 bits per heavy atom. The second-order valence-electron chi connectivity index (χ2n) is 6.42. The molecule has 0 aliphatic heterocycles. The van der Waals surface area contributed by atoms with Crippen molar-refractivity contribution in [1.29, 1.82) is 0 Å². The SMILES string of the molecule is CN(CCc1ccccn1)C(=O)c1cc2c(s1)-c1ccccc1CC2. The first kappa shape index (κ1) is 16.0. The molecule has 126 valence electrons. The Labute approximate surface area is 152 Å². The van der Waals surface area contributed by atoms with E-state index in [1.165, 1.54) is 21.6 Å². The molecule has 2 heterocycles. The summed E-state index contributed by atoms with van der Waals surface area (Å²) < 4.78 is 0. The van der Waals surface area contributed by atoms with Crippen LogP contribution in [-0.4, -0.2) is 29.4 Å². The van der Waals surface area contributed by atoms with Gasteiger partial charge >= 0.3 is 0 Å². The number of rotatable bonds is 4. The summed E-state index contributed by atoms with van der Waals surface area (Å²) in [5, 5.41) is 0. The zero-order chi connectivity index (χ0) is 17.2. The highest BCUT2D eigenvalue weighted by Gasteiger charge is 2.22. The van der Waals surface area contributed by atoms with Gasteiger partial charge in [0.15, 0.2) is 0 Å². The summed E-state index contributed by atoms with van der Waals surface area (Å²) in [4.78, 5) is 21.0. The number of aromatic nitrogens is 1. The van der Waals surface area contributed by atoms with E-state index in [1.54, 1.807) is 22.4 Å². The molecule has 0 fully saturated rings. The maximum atomic E-state index is 12.8. The molecule has 1 aliphatic rings. The zero-order valence-corrected chi connectivity index (χ0v) is 15.1. The lowest BCUT2D eigenvalue weighted by Gasteiger charge is -2.15. The van der Waals surface area contributed by atoms with E-state index in [0.29, 0.717) is 6.54 Å². The maximum Gasteiger partial charge on any atom is 0.263 e. The number of thiophene rings is 1. The predicted molar refractivity (Wildman–Crippen MR) is 102 cm³/mol. The Morgan fingerprint density at radius 2 is 1.92 bits per heavy atom. The number of amides is 1. The van der Waals surface area contributed by atoms with E-state index in [1.807, 2.05) is 25.2 Å². The zero-order valence-electron chi connectivity index (χ0n) is 14.2. The van der Waals surface area contributed by atoms with Crippen LogP contribution in [0.15, 0.2) is 54.7 Å². The summed E-state index contributed by atoms with van der Waals surface area (Å²) in [5.74, 6) is 0.104. The van der Waals surface area contributed by atoms with Crippen molar-refractivity contribution < 1.29 is 4.79 Å². The van der Waals surface area contributed by atoms with E-state index in [9.17, 15) is 4.79 Å². The predicted octanol–water partition coefficient (Wildman–Crippen LogP) is 4.22. The second kappa shape index (κ2) is 6.81. The number of aryl methyl sites for hydroxylation is 2. The Bertz CT molecular complexity index is 901. The monoisotopic (exact) mass is 348 g/mol. The lowest BCUT2D eigenvalue weighted by Crippen LogP contribution is -2.28. The molecule has 25 heavy (non-hydrogen) atoms. The van der Waals surface area contributed by atoms with Crippen molar-refractivity contribution >= 4 is 17.2 Å². The second-order valence-corrected chi connectivity index (χ2v) is 7.47. The Hall–Kier alpha value is -2.46. The van der Waals surface area contributed by atoms with Crippen LogP contribution in [0.5, 0.6) is 0 Å². The largest absolute Gasteiger partial charge is 0.341 e. The highest BCUT2D eigenvalue weighted by atomic mass is 32.1. The average Bonchev–Trinajstić information content (AvgIpc) is 3.11. The van der Waals surface area contributed by atoms with E-state index >= 15 is 0 Å². The summed E-state index contributed by atoms with van der Waals surface area (Å²) in [6, 6.07) is 16.5. The minimum atomic E-state index is 0.104. The summed E-state index contributed by atoms with van der Waals surface area (Å²) in [6.45, 7) is 0.676. The lowest BCUT2D eigenvalue weighted by molar-refractivity contribution is 0.0801. The van der Waals surface area contributed by atoms with Gasteiger partial charge in [-0.1, -0.05) is 30.3 Å². The van der Waals surface area contributed by atoms with Crippen molar-refractivity contribution in [2.75, 3.05) is 13.6 Å². The minimum Gasteiger partial charge on any atom is -0.341 e. The van der Waals surface area contributed by atoms with Crippen LogP contribution in [0.1, 0.15) is 26.5 Å². The number of likely N-dealkylation sites (N-methyl/N-ethyl adjacent to an activating group) is 1. The van der Waals surface area contributed by atoms with Crippen LogP contribution >= 0.6 is 11.3 Å². The van der Waals surface area contributed by atoms with Gasteiger partial charge in [0.25, 0.3) is 5.91 Å². The summed E-state index contributed by atoms with van der Waals surface area (Å²) in [7, 11) is 1.87. The first-order chi connectivity index (χ1) is 12.2. The van der Waals surface area contributed by atoms with Gasteiger partial charge in [0.05, 0.1) is 4.88 Å². The van der Waals surface area contributed by atoms with Gasteiger partial charge in [-0.15, -0.1) is 11.3 Å². The quantitative estimate of drug-likeness (QED) is 0.707. The molecule has 4 rings (SSSR count). The minimum absolute atomic E-state index is 0.104. The van der Waals surface area contributed by atoms with Crippen molar-refractivity contribution in [1.82, 2.24) is 9.88 Å². The summed E-state index contributed by atoms with van der Waals surface area (Å²) >= 11 is 1.63. The van der Waals surface area contributed by atoms with Gasteiger partial charge < -0.3 is 4.90 Å². The topological polar surface area (TPSA) is 33.2 Å². The fourth-order valence-corrected chi connectivity index (χ4v) is 4.56. The van der Waals surface area contributed by atoms with Gasteiger partial charge in [-0.3, -0.25) is 9.78 Å². The van der Waals surface area contributed by atoms with Crippen molar-refractivity contribution in [2.45, 2.75) is 19.3 Å². The van der Waals surface area contributed by atoms with Crippen LogP contribution in [-0.2, 0) is 19.3 Å². The third-order valence-corrected chi connectivity index (χ3v) is 5.92. The van der Waals surface area contributed by atoms with Crippen molar-refractivity contribution in [3.63, 3.8) is 0 Å². The van der Waals surface area contributed by atoms with Crippen molar-refractivity contribution in [3.8, 4) is 10.4 Å². The number of hydrogen-bond acceptors (Lipinski definition) is 3. The average molecular weight is 348 g/mol. The molecule has 1 aromatic carbocycles. The van der Waals surface area contributed by atoms with Gasteiger partial charge in [-0.05, 0) is 47.7 Å². The van der Waals surface area contributed by atoms with Crippen LogP contribution in [0.25, 0.3) is 10.4 Å². The highest BCUT2D eigenvalue weighted by molar-refractivity contribution is 7.17. The number of carbonyl (C=O) groups is 1. The molecule has 0 saturated carbocycles. The summed E-state index contributed by atoms with van der Waals surface area (Å²) in [5.41, 5.74) is 5.01. The van der Waals surface area contributed by atoms with Gasteiger partial charge in [0, 0.05) is 36.8 Å². The van der Waals surface area contributed by atoms with Crippen LogP contribution in [0.4, 0.5) is 0 Å². The van der Waals surface area contributed by atoms with Crippen LogP contribution < -0.4 is 0 Å². The molecule has 0 saturated heterocycles. The maximum absolute atomic E-state index is 12.8. The molecule has 0 radical (unpaired) electrons. The Balaban J connectivity index is 1.51. The highest BCUT2D eigenvalue weighted by Crippen LogP contribution is 2.39. The molecule has 1 aliphatic carbocycles. The molecule has 0 N–H and O–H groups in total. The molecular weight excluding hydrogens is 328 g/mol. The number of benzene rings is 1. The third kappa shape index (κ3) is 3.22. The van der Waals surface area contributed by atoms with E-state index in [4.69, 9.17) is 0 Å². The summed E-state index contributed by atoms with van der Waals surface area (Å²) in [6.07, 6.45) is 4.65. The number of fused-ring (bicyclic) bond motifs is 3. The Kier molecular flexibility index (Phi) is 4.36. The van der Waals surface area contributed by atoms with Gasteiger partial charge in [0.2, 0.25) is 0 Å². The standard InChI is InChI=1S/C21H20N2OS/c1-23(13-11-17-7-4-5-12-22-17)21(24)19-14-16-10-9-15-6-2-3-8-18(15)20(16)25-19/h2-8,12,14H,9-11,13H2,1H3. The smallest absolute Gasteiger partial charge is 0.263 e. The van der Waals surface area contributed by atoms with Crippen LogP contribution in [0.3, 0.4) is 0 Å². The van der Waals surface area contributed by atoms with E-state index in [-0.39, 0.29) is 5.91 Å². The van der Waals surface area contributed by atoms with Gasteiger partial charge in [-0.25, -0.2) is 0 Å². The number of hydrogen-bond donors (Lipinski definition) is 0. The molecule has 4 heteroatoms. The number of pyridine rings is 1. The normalized spacial score (nSPS) is 12.4. The molecule has 3 nitrogen and oxygen atoms in total. The molecule has 0 atom stereocenters. The van der Waals surface area contributed by atoms with E-state index < -0.39 is 0 Å². The molecule has 3 aromatic rings. The van der Waals surface area contributed by atoms with Crippen LogP contribution in [0.2, 0.25) is 0 Å². The molecular formula is C21H20N2OS. The van der Waals surface area contributed by atoms with E-state index in [0.717, 1.165) is 29.8 Å². The molecule has 0 spiro atoms. The van der Waals surface area contributed by atoms with Crippen molar-refractivity contribution in [3.05, 3.63) is 76.4 Å². The van der Waals surface area contributed by atoms with Gasteiger partial charge in [0.1, 0.15) is 0 Å². The lowest BCUT2D eigenvalue weighted by atomic mass is 9.91. The first-order valence-corrected chi connectivity index (χ1v) is 9.40. The molecule has 2 aromatic heterocycles. The third-order valence-electron chi connectivity index (χ3n) is 4.72. The number of nitrogens with zero attached hydrogens (tertiary/aromatic N) is 2. The number of carbonyl (C=O) groups excluding carboxylic acids is 1. The molecule has 0 unspecified atom stereocenters. The van der Waals surface area contributed by atoms with Crippen LogP contribution in [0, 0.1) is 0 Å². The van der Waals surface area contributed by atoms with Gasteiger partial charge in [-0.2, -0.15) is 0 Å². The van der Waals surface area contributed by atoms with E-state index in [2.05, 4.69) is 35.3 Å². The molecule has 0 bridgehead atoms. The molecule has 1 amide bonds. The fraction of sp³-hybridized carbons (Fsp3) is 0.238.